The van der Waals surface area contributed by atoms with E-state index >= 15 is 0 Å². The van der Waals surface area contributed by atoms with E-state index in [1.54, 1.807) is 37.3 Å². The summed E-state index contributed by atoms with van der Waals surface area (Å²) < 4.78 is 18.6. The highest BCUT2D eigenvalue weighted by Gasteiger charge is 2.08. The third-order valence-electron chi connectivity index (χ3n) is 2.92. The average molecular weight is 287 g/mol. The molecule has 0 saturated heterocycles. The first kappa shape index (κ1) is 15.0. The smallest absolute Gasteiger partial charge is 0.255 e. The summed E-state index contributed by atoms with van der Waals surface area (Å²) in [6.45, 7) is 5.63. The number of rotatable bonds is 4. The Labute approximate surface area is 123 Å². The van der Waals surface area contributed by atoms with Crippen LogP contribution in [-0.4, -0.2) is 12.0 Å². The van der Waals surface area contributed by atoms with Crippen LogP contribution in [0.25, 0.3) is 0 Å². The van der Waals surface area contributed by atoms with E-state index in [0.29, 0.717) is 16.8 Å². The van der Waals surface area contributed by atoms with Crippen LogP contribution < -0.4 is 10.1 Å². The van der Waals surface area contributed by atoms with Crippen LogP contribution in [0, 0.1) is 12.7 Å². The van der Waals surface area contributed by atoms with Crippen LogP contribution in [0.2, 0.25) is 0 Å². The first-order chi connectivity index (χ1) is 9.95. The molecule has 3 nitrogen and oxygen atoms in total. The molecule has 0 radical (unpaired) electrons. The van der Waals surface area contributed by atoms with Crippen molar-refractivity contribution in [2.24, 2.45) is 0 Å². The van der Waals surface area contributed by atoms with E-state index in [2.05, 4.69) is 5.32 Å². The largest absolute Gasteiger partial charge is 0.491 e. The maximum atomic E-state index is 13.0. The molecule has 0 aromatic heterocycles. The molecule has 2 aromatic carbocycles. The molecule has 0 unspecified atom stereocenters. The Hall–Kier alpha value is -2.36. The summed E-state index contributed by atoms with van der Waals surface area (Å²) in [5, 5.41) is 2.77. The average Bonchev–Trinajstić information content (AvgIpc) is 2.42. The molecule has 4 heteroatoms. The van der Waals surface area contributed by atoms with Crippen LogP contribution in [0.15, 0.2) is 42.5 Å². The third-order valence-corrected chi connectivity index (χ3v) is 2.92. The molecule has 0 atom stereocenters. The number of aryl methyl sites for hydroxylation is 1. The Balaban J connectivity index is 2.09. The van der Waals surface area contributed by atoms with E-state index in [9.17, 15) is 9.18 Å². The van der Waals surface area contributed by atoms with E-state index in [4.69, 9.17) is 4.74 Å². The van der Waals surface area contributed by atoms with Gasteiger partial charge in [-0.3, -0.25) is 4.79 Å². The maximum absolute atomic E-state index is 13.0. The zero-order valence-electron chi connectivity index (χ0n) is 12.3. The summed E-state index contributed by atoms with van der Waals surface area (Å²) in [7, 11) is 0. The van der Waals surface area contributed by atoms with Crippen molar-refractivity contribution in [3.63, 3.8) is 0 Å². The van der Waals surface area contributed by atoms with Gasteiger partial charge in [0.25, 0.3) is 5.91 Å². The van der Waals surface area contributed by atoms with Gasteiger partial charge in [-0.1, -0.05) is 0 Å². The fourth-order valence-corrected chi connectivity index (χ4v) is 1.92. The van der Waals surface area contributed by atoms with Crippen molar-refractivity contribution in [1.29, 1.82) is 0 Å². The van der Waals surface area contributed by atoms with Gasteiger partial charge < -0.3 is 10.1 Å². The first-order valence-electron chi connectivity index (χ1n) is 6.80. The zero-order valence-corrected chi connectivity index (χ0v) is 12.3. The summed E-state index contributed by atoms with van der Waals surface area (Å²) in [4.78, 5) is 12.1. The number of ether oxygens (including phenoxy) is 1. The van der Waals surface area contributed by atoms with Crippen molar-refractivity contribution in [3.8, 4) is 5.75 Å². The Morgan fingerprint density at radius 3 is 2.38 bits per heavy atom. The lowest BCUT2D eigenvalue weighted by molar-refractivity contribution is 0.102. The highest BCUT2D eigenvalue weighted by molar-refractivity contribution is 6.04. The number of hydrogen-bond donors (Lipinski definition) is 1. The van der Waals surface area contributed by atoms with Crippen LogP contribution in [0.5, 0.6) is 5.75 Å². The van der Waals surface area contributed by atoms with Crippen LogP contribution in [-0.2, 0) is 0 Å². The lowest BCUT2D eigenvalue weighted by Gasteiger charge is -2.11. The van der Waals surface area contributed by atoms with Gasteiger partial charge >= 0.3 is 0 Å². The minimum atomic E-state index is -0.319. The molecule has 0 aliphatic rings. The Kier molecular flexibility index (Phi) is 4.58. The fraction of sp³-hybridized carbons (Fsp3) is 0.235. The Bertz CT molecular complexity index is 636. The van der Waals surface area contributed by atoms with Crippen molar-refractivity contribution >= 4 is 11.6 Å². The fourth-order valence-electron chi connectivity index (χ4n) is 1.92. The highest BCUT2D eigenvalue weighted by Crippen LogP contribution is 2.18. The first-order valence-corrected chi connectivity index (χ1v) is 6.80. The molecule has 1 amide bonds. The minimum absolute atomic E-state index is 0.0894. The van der Waals surface area contributed by atoms with Gasteiger partial charge in [0.1, 0.15) is 11.6 Å². The van der Waals surface area contributed by atoms with E-state index in [1.807, 2.05) is 13.8 Å². The molecule has 21 heavy (non-hydrogen) atoms. The standard InChI is InChI=1S/C17H18FNO2/c1-11(2)21-15-7-4-13(5-8-15)17(20)19-16-9-6-14(18)10-12(16)3/h4-11H,1-3H3,(H,19,20). The van der Waals surface area contributed by atoms with Crippen LogP contribution in [0.1, 0.15) is 29.8 Å². The zero-order chi connectivity index (χ0) is 15.4. The van der Waals surface area contributed by atoms with Crippen molar-refractivity contribution in [2.45, 2.75) is 26.9 Å². The summed E-state index contributed by atoms with van der Waals surface area (Å²) in [6, 6.07) is 11.2. The predicted molar refractivity (Wildman–Crippen MR) is 81.3 cm³/mol. The number of halogens is 1. The second-order valence-electron chi connectivity index (χ2n) is 5.10. The molecular formula is C17H18FNO2. The summed E-state index contributed by atoms with van der Waals surface area (Å²) in [5.74, 6) is 0.168. The number of anilines is 1. The monoisotopic (exact) mass is 287 g/mol. The van der Waals surface area contributed by atoms with E-state index in [1.165, 1.54) is 12.1 Å². The summed E-state index contributed by atoms with van der Waals surface area (Å²) in [5.41, 5.74) is 1.81. The second-order valence-corrected chi connectivity index (χ2v) is 5.10. The second kappa shape index (κ2) is 6.39. The number of carbonyl (C=O) groups is 1. The number of benzene rings is 2. The maximum Gasteiger partial charge on any atom is 0.255 e. The van der Waals surface area contributed by atoms with Crippen molar-refractivity contribution in [1.82, 2.24) is 0 Å². The molecule has 2 rings (SSSR count). The molecule has 0 fully saturated rings. The van der Waals surface area contributed by atoms with E-state index in [-0.39, 0.29) is 17.8 Å². The van der Waals surface area contributed by atoms with Crippen LogP contribution in [0.3, 0.4) is 0 Å². The molecule has 2 aromatic rings. The van der Waals surface area contributed by atoms with Gasteiger partial charge in [-0.15, -0.1) is 0 Å². The third kappa shape index (κ3) is 4.05. The summed E-state index contributed by atoms with van der Waals surface area (Å²) >= 11 is 0. The summed E-state index contributed by atoms with van der Waals surface area (Å²) in [6.07, 6.45) is 0.0894. The van der Waals surface area contributed by atoms with Crippen LogP contribution in [0.4, 0.5) is 10.1 Å². The van der Waals surface area contributed by atoms with Gasteiger partial charge in [0.05, 0.1) is 6.10 Å². The quantitative estimate of drug-likeness (QED) is 0.916. The molecule has 0 saturated carbocycles. The molecular weight excluding hydrogens is 269 g/mol. The lowest BCUT2D eigenvalue weighted by atomic mass is 10.1. The normalized spacial score (nSPS) is 10.5. The SMILES string of the molecule is Cc1cc(F)ccc1NC(=O)c1ccc(OC(C)C)cc1. The van der Waals surface area contributed by atoms with Crippen molar-refractivity contribution in [3.05, 3.63) is 59.4 Å². The molecule has 0 aliphatic carbocycles. The van der Waals surface area contributed by atoms with Gasteiger partial charge in [-0.25, -0.2) is 4.39 Å². The van der Waals surface area contributed by atoms with Gasteiger partial charge in [-0.2, -0.15) is 0 Å². The Morgan fingerprint density at radius 2 is 1.81 bits per heavy atom. The topological polar surface area (TPSA) is 38.3 Å². The molecule has 0 aliphatic heterocycles. The Morgan fingerprint density at radius 1 is 1.14 bits per heavy atom. The molecule has 0 heterocycles. The molecule has 0 bridgehead atoms. The van der Waals surface area contributed by atoms with Gasteiger partial charge in [0.2, 0.25) is 0 Å². The minimum Gasteiger partial charge on any atom is -0.491 e. The van der Waals surface area contributed by atoms with Gasteiger partial charge in [0.15, 0.2) is 0 Å². The predicted octanol–water partition coefficient (Wildman–Crippen LogP) is 4.17. The number of nitrogens with one attached hydrogen (secondary N) is 1. The number of amides is 1. The highest BCUT2D eigenvalue weighted by atomic mass is 19.1. The van der Waals surface area contributed by atoms with Gasteiger partial charge in [0, 0.05) is 11.3 Å². The molecule has 0 spiro atoms. The number of hydrogen-bond acceptors (Lipinski definition) is 2. The van der Waals surface area contributed by atoms with Crippen molar-refractivity contribution in [2.75, 3.05) is 5.32 Å². The molecule has 110 valence electrons. The van der Waals surface area contributed by atoms with Crippen LogP contribution >= 0.6 is 0 Å². The number of carbonyl (C=O) groups excluding carboxylic acids is 1. The van der Waals surface area contributed by atoms with Gasteiger partial charge in [-0.05, 0) is 68.8 Å². The van der Waals surface area contributed by atoms with Crippen molar-refractivity contribution < 1.29 is 13.9 Å². The van der Waals surface area contributed by atoms with E-state index < -0.39 is 0 Å². The lowest BCUT2D eigenvalue weighted by Crippen LogP contribution is -2.13. The van der Waals surface area contributed by atoms with E-state index in [0.717, 1.165) is 5.75 Å². The molecule has 1 N–H and O–H groups in total.